The van der Waals surface area contributed by atoms with Gasteiger partial charge in [-0.15, -0.1) is 0 Å². The normalized spacial score (nSPS) is 22.3. The predicted molar refractivity (Wildman–Crippen MR) is 89.7 cm³/mol. The largest absolute Gasteiger partial charge is 0.452 e. The number of alkyl halides is 4. The zero-order chi connectivity index (χ0) is 20.5. The van der Waals surface area contributed by atoms with Gasteiger partial charge >= 0.3 is 6.18 Å². The average molecular weight is 396 g/mol. The Kier molecular flexibility index (Phi) is 5.03. The summed E-state index contributed by atoms with van der Waals surface area (Å²) in [7, 11) is 0. The topological polar surface area (TPSA) is 65.2 Å². The maximum Gasteiger partial charge on any atom is 0.416 e. The number of ether oxygens (including phenoxy) is 1. The lowest BCUT2D eigenvalue weighted by Crippen LogP contribution is -2.52. The zero-order valence-corrected chi connectivity index (χ0v) is 14.1. The van der Waals surface area contributed by atoms with Crippen molar-refractivity contribution in [1.29, 1.82) is 0 Å². The number of pyridine rings is 1. The predicted octanol–water partition coefficient (Wildman–Crippen LogP) is 4.15. The van der Waals surface area contributed by atoms with Gasteiger partial charge in [-0.1, -0.05) is 12.1 Å². The molecule has 0 amide bonds. The van der Waals surface area contributed by atoms with Crippen LogP contribution in [0.4, 0.5) is 22.0 Å². The zero-order valence-electron chi connectivity index (χ0n) is 14.1. The van der Waals surface area contributed by atoms with Crippen LogP contribution in [0, 0.1) is 0 Å². The van der Waals surface area contributed by atoms with Gasteiger partial charge in [-0.25, -0.2) is 4.39 Å². The van der Waals surface area contributed by atoms with Gasteiger partial charge in [0.25, 0.3) is 5.85 Å². The number of allylic oxidation sites excluding steroid dienone is 2. The molecule has 1 aliphatic carbocycles. The first-order chi connectivity index (χ1) is 13.1. The standard InChI is InChI=1S/C19H13F5N2O2/c20-14-6-7-15(25)18(21,16(14)17(27)11-3-2-8-26-10-11)28-13-5-1-4-12(9-13)19(22,23)24/h1-10,15H,25H2. The SMILES string of the molecule is NC1C=CC(F)=C(C(=O)c2cccnc2)C1(F)Oc1cccc(C(F)(F)F)c1. The van der Waals surface area contributed by atoms with Crippen molar-refractivity contribution in [2.45, 2.75) is 18.1 Å². The molecule has 0 fully saturated rings. The molecule has 1 aromatic carbocycles. The number of aromatic nitrogens is 1. The summed E-state index contributed by atoms with van der Waals surface area (Å²) in [6, 6.07) is 4.37. The summed E-state index contributed by atoms with van der Waals surface area (Å²) in [4.78, 5) is 16.4. The highest BCUT2D eigenvalue weighted by molar-refractivity contribution is 6.10. The molecule has 0 spiro atoms. The lowest BCUT2D eigenvalue weighted by molar-refractivity contribution is -0.138. The monoisotopic (exact) mass is 396 g/mol. The Morgan fingerprint density at radius 3 is 2.61 bits per heavy atom. The van der Waals surface area contributed by atoms with E-state index in [1.807, 2.05) is 0 Å². The van der Waals surface area contributed by atoms with E-state index in [-0.39, 0.29) is 5.56 Å². The third-order valence-corrected chi connectivity index (χ3v) is 4.04. The van der Waals surface area contributed by atoms with Crippen molar-refractivity contribution in [2.75, 3.05) is 0 Å². The summed E-state index contributed by atoms with van der Waals surface area (Å²) in [6.45, 7) is 0. The molecule has 0 radical (unpaired) electrons. The number of carbonyl (C=O) groups excluding carboxylic acids is 1. The summed E-state index contributed by atoms with van der Waals surface area (Å²) in [5.74, 6) is -6.12. The first kappa shape index (κ1) is 19.7. The molecule has 0 saturated heterocycles. The Labute approximate surface area is 156 Å². The minimum atomic E-state index is -4.70. The number of hydrogen-bond acceptors (Lipinski definition) is 4. The summed E-state index contributed by atoms with van der Waals surface area (Å²) < 4.78 is 73.8. The number of benzene rings is 1. The second kappa shape index (κ2) is 7.16. The summed E-state index contributed by atoms with van der Waals surface area (Å²) in [6.07, 6.45) is -0.523. The van der Waals surface area contributed by atoms with Gasteiger partial charge in [-0.2, -0.15) is 17.6 Å². The average Bonchev–Trinajstić information content (AvgIpc) is 2.65. The van der Waals surface area contributed by atoms with E-state index in [2.05, 4.69) is 4.98 Å². The van der Waals surface area contributed by atoms with Gasteiger partial charge in [-0.05, 0) is 36.4 Å². The van der Waals surface area contributed by atoms with Gasteiger partial charge < -0.3 is 10.5 Å². The molecule has 2 atom stereocenters. The number of halogens is 5. The molecule has 1 heterocycles. The molecular weight excluding hydrogens is 383 g/mol. The van der Waals surface area contributed by atoms with Crippen LogP contribution in [-0.4, -0.2) is 22.7 Å². The number of carbonyl (C=O) groups is 1. The van der Waals surface area contributed by atoms with Crippen molar-refractivity contribution >= 4 is 5.78 Å². The van der Waals surface area contributed by atoms with Crippen LogP contribution in [0.3, 0.4) is 0 Å². The molecule has 1 aliphatic rings. The Bertz CT molecular complexity index is 956. The Morgan fingerprint density at radius 1 is 1.21 bits per heavy atom. The smallest absolute Gasteiger partial charge is 0.416 e. The Hall–Kier alpha value is -3.07. The molecular formula is C19H13F5N2O2. The van der Waals surface area contributed by atoms with E-state index in [1.54, 1.807) is 0 Å². The van der Waals surface area contributed by atoms with Gasteiger partial charge in [0.1, 0.15) is 17.1 Å². The van der Waals surface area contributed by atoms with Crippen LogP contribution in [-0.2, 0) is 6.18 Å². The first-order valence-electron chi connectivity index (χ1n) is 7.97. The summed E-state index contributed by atoms with van der Waals surface area (Å²) in [5.41, 5.74) is 3.39. The minimum absolute atomic E-state index is 0.134. The highest BCUT2D eigenvalue weighted by Gasteiger charge is 2.50. The van der Waals surface area contributed by atoms with Crippen molar-refractivity contribution < 1.29 is 31.5 Å². The van der Waals surface area contributed by atoms with Crippen LogP contribution in [0.2, 0.25) is 0 Å². The van der Waals surface area contributed by atoms with Gasteiger partial charge in [0.2, 0.25) is 0 Å². The second-order valence-corrected chi connectivity index (χ2v) is 5.95. The molecule has 0 aliphatic heterocycles. The van der Waals surface area contributed by atoms with E-state index >= 15 is 4.39 Å². The molecule has 2 N–H and O–H groups in total. The third-order valence-electron chi connectivity index (χ3n) is 4.04. The highest BCUT2D eigenvalue weighted by Crippen LogP contribution is 2.39. The molecule has 0 saturated carbocycles. The molecule has 9 heteroatoms. The quantitative estimate of drug-likeness (QED) is 0.623. The van der Waals surface area contributed by atoms with E-state index in [1.165, 1.54) is 18.3 Å². The van der Waals surface area contributed by atoms with Crippen molar-refractivity contribution in [3.05, 3.63) is 83.5 Å². The molecule has 2 unspecified atom stereocenters. The van der Waals surface area contributed by atoms with Crippen molar-refractivity contribution in [3.63, 3.8) is 0 Å². The summed E-state index contributed by atoms with van der Waals surface area (Å²) >= 11 is 0. The van der Waals surface area contributed by atoms with Crippen molar-refractivity contribution in [1.82, 2.24) is 4.98 Å². The maximum atomic E-state index is 15.7. The number of Topliss-reactive ketones (excluding diaryl/α,β-unsaturated/α-hetero) is 1. The van der Waals surface area contributed by atoms with Crippen LogP contribution in [0.1, 0.15) is 15.9 Å². The second-order valence-electron chi connectivity index (χ2n) is 5.95. The molecule has 1 aromatic heterocycles. The Balaban J connectivity index is 2.04. The maximum absolute atomic E-state index is 15.7. The van der Waals surface area contributed by atoms with E-state index in [0.29, 0.717) is 6.07 Å². The van der Waals surface area contributed by atoms with Crippen LogP contribution < -0.4 is 10.5 Å². The highest BCUT2D eigenvalue weighted by atomic mass is 19.4. The molecule has 4 nitrogen and oxygen atoms in total. The fourth-order valence-electron chi connectivity index (χ4n) is 2.66. The first-order valence-corrected chi connectivity index (χ1v) is 7.97. The molecule has 28 heavy (non-hydrogen) atoms. The summed E-state index contributed by atoms with van der Waals surface area (Å²) in [5, 5.41) is 0. The molecule has 146 valence electrons. The Morgan fingerprint density at radius 2 is 1.96 bits per heavy atom. The van der Waals surface area contributed by atoms with Crippen molar-refractivity contribution in [3.8, 4) is 5.75 Å². The van der Waals surface area contributed by atoms with Crippen molar-refractivity contribution in [2.24, 2.45) is 5.73 Å². The molecule has 3 rings (SSSR count). The van der Waals surface area contributed by atoms with E-state index in [9.17, 15) is 22.4 Å². The lowest BCUT2D eigenvalue weighted by Gasteiger charge is -2.34. The fraction of sp³-hybridized carbons (Fsp3) is 0.158. The van der Waals surface area contributed by atoms with Gasteiger partial charge in [0.05, 0.1) is 11.6 Å². The van der Waals surface area contributed by atoms with Crippen LogP contribution in [0.25, 0.3) is 0 Å². The van der Waals surface area contributed by atoms with E-state index in [4.69, 9.17) is 10.5 Å². The minimum Gasteiger partial charge on any atom is -0.452 e. The lowest BCUT2D eigenvalue weighted by atomic mass is 9.88. The van der Waals surface area contributed by atoms with Gasteiger partial charge in [-0.3, -0.25) is 9.78 Å². The van der Waals surface area contributed by atoms with Gasteiger partial charge in [0.15, 0.2) is 5.78 Å². The number of hydrogen-bond donors (Lipinski definition) is 1. The van der Waals surface area contributed by atoms with Gasteiger partial charge in [0, 0.05) is 18.0 Å². The van der Waals surface area contributed by atoms with Crippen LogP contribution in [0.5, 0.6) is 5.75 Å². The van der Waals surface area contributed by atoms with Crippen LogP contribution in [0.15, 0.2) is 72.3 Å². The fourth-order valence-corrected chi connectivity index (χ4v) is 2.66. The van der Waals surface area contributed by atoms with E-state index in [0.717, 1.165) is 36.5 Å². The number of ketones is 1. The van der Waals surface area contributed by atoms with Crippen LogP contribution >= 0.6 is 0 Å². The van der Waals surface area contributed by atoms with E-state index < -0.39 is 46.6 Å². The number of nitrogens with two attached hydrogens (primary N) is 1. The number of nitrogens with zero attached hydrogens (tertiary/aromatic N) is 1. The molecule has 0 bridgehead atoms. The number of rotatable bonds is 4. The molecule has 2 aromatic rings. The third kappa shape index (κ3) is 3.65.